The molecular formula is C18H25FN2O2. The zero-order valence-electron chi connectivity index (χ0n) is 14.1. The van der Waals surface area contributed by atoms with Crippen LogP contribution >= 0.6 is 0 Å². The number of halogens is 1. The lowest BCUT2D eigenvalue weighted by molar-refractivity contribution is -0.0731. The van der Waals surface area contributed by atoms with Gasteiger partial charge in [-0.2, -0.15) is 0 Å². The predicted octanol–water partition coefficient (Wildman–Crippen LogP) is 2.32. The molecule has 1 aromatic carbocycles. The quantitative estimate of drug-likeness (QED) is 0.857. The summed E-state index contributed by atoms with van der Waals surface area (Å²) in [6.45, 7) is 5.12. The molecule has 2 aliphatic rings. The van der Waals surface area contributed by atoms with E-state index in [2.05, 4.69) is 11.9 Å². The number of likely N-dealkylation sites (tertiary alicyclic amines) is 2. The highest BCUT2D eigenvalue weighted by Crippen LogP contribution is 2.39. The van der Waals surface area contributed by atoms with Crippen LogP contribution in [0.5, 0.6) is 0 Å². The van der Waals surface area contributed by atoms with Crippen molar-refractivity contribution in [2.45, 2.75) is 25.3 Å². The SMILES string of the molecule is COCC1CCN(C)C2(C1)CN(C(=O)c1ccc(F)cc1C)C2. The number of nitrogens with zero attached hydrogens (tertiary/aromatic N) is 2. The van der Waals surface area contributed by atoms with E-state index in [0.717, 1.165) is 39.1 Å². The van der Waals surface area contributed by atoms with Crippen LogP contribution in [0.15, 0.2) is 18.2 Å². The molecule has 4 nitrogen and oxygen atoms in total. The number of aryl methyl sites for hydroxylation is 1. The summed E-state index contributed by atoms with van der Waals surface area (Å²) in [5.41, 5.74) is 1.39. The highest BCUT2D eigenvalue weighted by Gasteiger charge is 2.51. The third-order valence-corrected chi connectivity index (χ3v) is 5.43. The van der Waals surface area contributed by atoms with Gasteiger partial charge in [-0.15, -0.1) is 0 Å². The number of amides is 1. The van der Waals surface area contributed by atoms with Crippen molar-refractivity contribution >= 4 is 5.91 Å². The van der Waals surface area contributed by atoms with Crippen LogP contribution in [0.25, 0.3) is 0 Å². The Labute approximate surface area is 137 Å². The Morgan fingerprint density at radius 2 is 2.17 bits per heavy atom. The molecule has 0 radical (unpaired) electrons. The van der Waals surface area contributed by atoms with Gasteiger partial charge >= 0.3 is 0 Å². The third-order valence-electron chi connectivity index (χ3n) is 5.43. The van der Waals surface area contributed by atoms with Crippen LogP contribution in [0, 0.1) is 18.7 Å². The topological polar surface area (TPSA) is 32.8 Å². The maximum Gasteiger partial charge on any atom is 0.254 e. The molecule has 2 aliphatic heterocycles. The Morgan fingerprint density at radius 3 is 2.83 bits per heavy atom. The Balaban J connectivity index is 1.68. The largest absolute Gasteiger partial charge is 0.384 e. The molecule has 1 aromatic rings. The highest BCUT2D eigenvalue weighted by atomic mass is 19.1. The molecule has 1 amide bonds. The number of hydrogen-bond donors (Lipinski definition) is 0. The van der Waals surface area contributed by atoms with E-state index in [1.807, 2.05) is 4.90 Å². The first-order valence-corrected chi connectivity index (χ1v) is 8.21. The molecule has 0 N–H and O–H groups in total. The van der Waals surface area contributed by atoms with Crippen molar-refractivity contribution in [1.82, 2.24) is 9.80 Å². The first kappa shape index (κ1) is 16.4. The normalized spacial score (nSPS) is 23.8. The van der Waals surface area contributed by atoms with E-state index in [9.17, 15) is 9.18 Å². The number of ether oxygens (including phenoxy) is 1. The van der Waals surface area contributed by atoms with Crippen molar-refractivity contribution in [3.8, 4) is 0 Å². The Bertz CT molecular complexity index is 599. The van der Waals surface area contributed by atoms with Crippen LogP contribution in [0.4, 0.5) is 4.39 Å². The van der Waals surface area contributed by atoms with Gasteiger partial charge in [0.2, 0.25) is 0 Å². The minimum Gasteiger partial charge on any atom is -0.384 e. The number of rotatable bonds is 3. The maximum absolute atomic E-state index is 13.2. The zero-order chi connectivity index (χ0) is 16.6. The first-order chi connectivity index (χ1) is 10.9. The fourth-order valence-electron chi connectivity index (χ4n) is 4.00. The molecule has 0 aliphatic carbocycles. The molecule has 23 heavy (non-hydrogen) atoms. The van der Waals surface area contributed by atoms with Crippen molar-refractivity contribution in [3.05, 3.63) is 35.1 Å². The molecule has 1 atom stereocenters. The summed E-state index contributed by atoms with van der Waals surface area (Å²) in [5, 5.41) is 0. The molecule has 0 bridgehead atoms. The van der Waals surface area contributed by atoms with Gasteiger partial charge in [0.1, 0.15) is 5.82 Å². The zero-order valence-corrected chi connectivity index (χ0v) is 14.1. The second-order valence-electron chi connectivity index (χ2n) is 7.08. The summed E-state index contributed by atoms with van der Waals surface area (Å²) in [6.07, 6.45) is 2.22. The number of benzene rings is 1. The van der Waals surface area contributed by atoms with E-state index in [1.54, 1.807) is 20.1 Å². The average molecular weight is 320 g/mol. The number of likely N-dealkylation sites (N-methyl/N-ethyl adjacent to an activating group) is 1. The molecule has 0 aromatic heterocycles. The van der Waals surface area contributed by atoms with E-state index in [0.29, 0.717) is 17.0 Å². The van der Waals surface area contributed by atoms with Gasteiger partial charge in [0.15, 0.2) is 0 Å². The molecule has 0 saturated carbocycles. The third kappa shape index (κ3) is 3.00. The molecular weight excluding hydrogens is 295 g/mol. The van der Waals surface area contributed by atoms with Gasteiger partial charge in [0.25, 0.3) is 5.91 Å². The summed E-state index contributed by atoms with van der Waals surface area (Å²) < 4.78 is 18.5. The smallest absolute Gasteiger partial charge is 0.254 e. The minimum absolute atomic E-state index is 0.00962. The Hall–Kier alpha value is -1.46. The van der Waals surface area contributed by atoms with Gasteiger partial charge < -0.3 is 9.64 Å². The van der Waals surface area contributed by atoms with E-state index in [-0.39, 0.29) is 17.3 Å². The van der Waals surface area contributed by atoms with Crippen molar-refractivity contribution in [2.75, 3.05) is 40.4 Å². The van der Waals surface area contributed by atoms with Crippen LogP contribution in [-0.4, -0.2) is 61.6 Å². The van der Waals surface area contributed by atoms with Gasteiger partial charge in [-0.25, -0.2) is 4.39 Å². The maximum atomic E-state index is 13.2. The number of piperidine rings is 1. The van der Waals surface area contributed by atoms with Crippen molar-refractivity contribution in [1.29, 1.82) is 0 Å². The molecule has 2 heterocycles. The first-order valence-electron chi connectivity index (χ1n) is 8.21. The van der Waals surface area contributed by atoms with E-state index in [1.165, 1.54) is 12.1 Å². The standard InChI is InChI=1S/C18H25FN2O2/c1-13-8-15(19)4-5-16(13)17(22)21-11-18(12-21)9-14(10-23-3)6-7-20(18)2/h4-5,8,14H,6-7,9-12H2,1-3H3. The van der Waals surface area contributed by atoms with Gasteiger partial charge in [-0.05, 0) is 63.0 Å². The lowest BCUT2D eigenvalue weighted by Crippen LogP contribution is -2.72. The summed E-state index contributed by atoms with van der Waals surface area (Å²) in [5.74, 6) is 0.282. The van der Waals surface area contributed by atoms with E-state index in [4.69, 9.17) is 4.74 Å². The summed E-state index contributed by atoms with van der Waals surface area (Å²) in [7, 11) is 3.90. The van der Waals surface area contributed by atoms with E-state index >= 15 is 0 Å². The van der Waals surface area contributed by atoms with Gasteiger partial charge in [0, 0.05) is 32.4 Å². The van der Waals surface area contributed by atoms with Gasteiger partial charge in [0.05, 0.1) is 5.54 Å². The second kappa shape index (κ2) is 6.21. The fraction of sp³-hybridized carbons (Fsp3) is 0.611. The number of hydrogen-bond acceptors (Lipinski definition) is 3. The second-order valence-corrected chi connectivity index (χ2v) is 7.08. The number of carbonyl (C=O) groups excluding carboxylic acids is 1. The van der Waals surface area contributed by atoms with Crippen LogP contribution in [0.2, 0.25) is 0 Å². The number of carbonyl (C=O) groups is 1. The molecule has 3 rings (SSSR count). The van der Waals surface area contributed by atoms with Crippen molar-refractivity contribution in [2.24, 2.45) is 5.92 Å². The predicted molar refractivity (Wildman–Crippen MR) is 87.0 cm³/mol. The fourth-order valence-corrected chi connectivity index (χ4v) is 4.00. The molecule has 1 spiro atoms. The Kier molecular flexibility index (Phi) is 4.43. The average Bonchev–Trinajstić information content (AvgIpc) is 2.46. The highest BCUT2D eigenvalue weighted by molar-refractivity contribution is 5.96. The Morgan fingerprint density at radius 1 is 1.43 bits per heavy atom. The summed E-state index contributed by atoms with van der Waals surface area (Å²) in [6, 6.07) is 4.37. The monoisotopic (exact) mass is 320 g/mol. The summed E-state index contributed by atoms with van der Waals surface area (Å²) >= 11 is 0. The molecule has 1 unspecified atom stereocenters. The van der Waals surface area contributed by atoms with Crippen molar-refractivity contribution in [3.63, 3.8) is 0 Å². The van der Waals surface area contributed by atoms with E-state index < -0.39 is 0 Å². The molecule has 5 heteroatoms. The molecule has 2 fully saturated rings. The molecule has 126 valence electrons. The van der Waals surface area contributed by atoms with Crippen LogP contribution < -0.4 is 0 Å². The lowest BCUT2D eigenvalue weighted by Gasteiger charge is -2.58. The van der Waals surface area contributed by atoms with Gasteiger partial charge in [-0.1, -0.05) is 0 Å². The van der Waals surface area contributed by atoms with Crippen LogP contribution in [-0.2, 0) is 4.74 Å². The van der Waals surface area contributed by atoms with Crippen molar-refractivity contribution < 1.29 is 13.9 Å². The number of methoxy groups -OCH3 is 1. The lowest BCUT2D eigenvalue weighted by atomic mass is 9.75. The van der Waals surface area contributed by atoms with Gasteiger partial charge in [-0.3, -0.25) is 9.69 Å². The summed E-state index contributed by atoms with van der Waals surface area (Å²) in [4.78, 5) is 16.9. The van der Waals surface area contributed by atoms with Crippen LogP contribution in [0.3, 0.4) is 0 Å². The van der Waals surface area contributed by atoms with Crippen LogP contribution in [0.1, 0.15) is 28.8 Å². The molecule has 2 saturated heterocycles. The minimum atomic E-state index is -0.298.